The Labute approximate surface area is 202 Å². The Balaban J connectivity index is 1.42. The van der Waals surface area contributed by atoms with Gasteiger partial charge in [-0.3, -0.25) is 0 Å². The summed E-state index contributed by atoms with van der Waals surface area (Å²) in [6.45, 7) is 6.64. The third-order valence-electron chi connectivity index (χ3n) is 6.62. The number of nitrogens with zero attached hydrogens (tertiary/aromatic N) is 2. The standard InChI is InChI=1S/C29H26N4S/c1-4-18-6-5-7-23-22-13-12-21(14-25(22)33-27(18)23)32-28-26-24(15-34-29(26)31-16-30-28)20-10-8-19(9-11-20)17(2)3/h5-17,33H,4H2,1-3H3,(H,30,31,32). The monoisotopic (exact) mass is 462 g/mol. The van der Waals surface area contributed by atoms with Crippen molar-refractivity contribution in [2.45, 2.75) is 33.1 Å². The number of H-pyrrole nitrogens is 1. The van der Waals surface area contributed by atoms with E-state index in [-0.39, 0.29) is 0 Å². The number of hydrogen-bond acceptors (Lipinski definition) is 4. The first-order chi connectivity index (χ1) is 16.6. The van der Waals surface area contributed by atoms with Crippen LogP contribution in [0.15, 0.2) is 72.4 Å². The summed E-state index contributed by atoms with van der Waals surface area (Å²) in [6, 6.07) is 21.9. The van der Waals surface area contributed by atoms with Crippen molar-refractivity contribution in [3.63, 3.8) is 0 Å². The van der Waals surface area contributed by atoms with Gasteiger partial charge in [-0.15, -0.1) is 11.3 Å². The number of fused-ring (bicyclic) bond motifs is 4. The summed E-state index contributed by atoms with van der Waals surface area (Å²) >= 11 is 1.66. The first-order valence-corrected chi connectivity index (χ1v) is 12.6. The molecule has 6 rings (SSSR count). The summed E-state index contributed by atoms with van der Waals surface area (Å²) in [5.41, 5.74) is 8.39. The van der Waals surface area contributed by atoms with Gasteiger partial charge in [0.05, 0.1) is 5.39 Å². The maximum absolute atomic E-state index is 4.63. The molecular weight excluding hydrogens is 436 g/mol. The molecule has 0 aliphatic heterocycles. The molecule has 0 saturated heterocycles. The molecule has 34 heavy (non-hydrogen) atoms. The van der Waals surface area contributed by atoms with Crippen molar-refractivity contribution in [1.29, 1.82) is 0 Å². The first kappa shape index (κ1) is 20.9. The van der Waals surface area contributed by atoms with Gasteiger partial charge < -0.3 is 10.3 Å². The van der Waals surface area contributed by atoms with Crippen LogP contribution in [0.3, 0.4) is 0 Å². The van der Waals surface area contributed by atoms with Crippen LogP contribution in [0, 0.1) is 0 Å². The topological polar surface area (TPSA) is 53.6 Å². The highest BCUT2D eigenvalue weighted by atomic mass is 32.1. The molecule has 0 fully saturated rings. The second-order valence-electron chi connectivity index (χ2n) is 9.03. The molecule has 0 unspecified atom stereocenters. The van der Waals surface area contributed by atoms with Crippen LogP contribution >= 0.6 is 11.3 Å². The van der Waals surface area contributed by atoms with Crippen molar-refractivity contribution in [3.8, 4) is 11.1 Å². The number of thiophene rings is 1. The fourth-order valence-electron chi connectivity index (χ4n) is 4.73. The van der Waals surface area contributed by atoms with Gasteiger partial charge in [-0.05, 0) is 41.2 Å². The minimum absolute atomic E-state index is 0.516. The van der Waals surface area contributed by atoms with Gasteiger partial charge in [0.25, 0.3) is 0 Å². The Morgan fingerprint density at radius 1 is 0.971 bits per heavy atom. The molecule has 0 atom stereocenters. The fraction of sp³-hybridized carbons (Fsp3) is 0.172. The van der Waals surface area contributed by atoms with E-state index < -0.39 is 0 Å². The van der Waals surface area contributed by atoms with E-state index in [1.165, 1.54) is 33.0 Å². The molecule has 4 nitrogen and oxygen atoms in total. The summed E-state index contributed by atoms with van der Waals surface area (Å²) in [5, 5.41) is 9.33. The van der Waals surface area contributed by atoms with Gasteiger partial charge in [-0.2, -0.15) is 0 Å². The van der Waals surface area contributed by atoms with Crippen LogP contribution < -0.4 is 5.32 Å². The lowest BCUT2D eigenvalue weighted by Crippen LogP contribution is -1.95. The van der Waals surface area contributed by atoms with Gasteiger partial charge in [0, 0.05) is 38.4 Å². The molecule has 0 radical (unpaired) electrons. The Hall–Kier alpha value is -3.70. The Bertz CT molecular complexity index is 1640. The van der Waals surface area contributed by atoms with Crippen LogP contribution in [0.2, 0.25) is 0 Å². The van der Waals surface area contributed by atoms with E-state index in [9.17, 15) is 0 Å². The second kappa shape index (κ2) is 8.26. The highest BCUT2D eigenvalue weighted by molar-refractivity contribution is 7.17. The largest absolute Gasteiger partial charge is 0.354 e. The Morgan fingerprint density at radius 2 is 1.82 bits per heavy atom. The number of hydrogen-bond donors (Lipinski definition) is 2. The maximum atomic E-state index is 4.63. The number of aryl methyl sites for hydroxylation is 1. The highest BCUT2D eigenvalue weighted by Crippen LogP contribution is 2.38. The lowest BCUT2D eigenvalue weighted by molar-refractivity contribution is 0.867. The minimum Gasteiger partial charge on any atom is -0.354 e. The fourth-order valence-corrected chi connectivity index (χ4v) is 5.64. The van der Waals surface area contributed by atoms with Gasteiger partial charge in [0.2, 0.25) is 0 Å². The molecular formula is C29H26N4S. The van der Waals surface area contributed by atoms with E-state index in [4.69, 9.17) is 0 Å². The van der Waals surface area contributed by atoms with E-state index >= 15 is 0 Å². The van der Waals surface area contributed by atoms with Gasteiger partial charge >= 0.3 is 0 Å². The van der Waals surface area contributed by atoms with Gasteiger partial charge in [-0.25, -0.2) is 9.97 Å². The van der Waals surface area contributed by atoms with Crippen molar-refractivity contribution in [1.82, 2.24) is 15.0 Å². The zero-order chi connectivity index (χ0) is 23.2. The van der Waals surface area contributed by atoms with Crippen molar-refractivity contribution >= 4 is 54.9 Å². The van der Waals surface area contributed by atoms with Crippen LogP contribution in [-0.4, -0.2) is 15.0 Å². The number of rotatable bonds is 5. The molecule has 3 heterocycles. The number of benzene rings is 3. The molecule has 0 bridgehead atoms. The van der Waals surface area contributed by atoms with Crippen molar-refractivity contribution in [2.75, 3.05) is 5.32 Å². The summed E-state index contributed by atoms with van der Waals surface area (Å²) < 4.78 is 0. The first-order valence-electron chi connectivity index (χ1n) is 11.7. The third-order valence-corrected chi connectivity index (χ3v) is 7.51. The average Bonchev–Trinajstić information content (AvgIpc) is 3.46. The summed E-state index contributed by atoms with van der Waals surface area (Å²) in [4.78, 5) is 13.8. The summed E-state index contributed by atoms with van der Waals surface area (Å²) in [7, 11) is 0. The average molecular weight is 463 g/mol. The lowest BCUT2D eigenvalue weighted by Gasteiger charge is -2.10. The van der Waals surface area contributed by atoms with E-state index in [1.807, 2.05) is 0 Å². The number of nitrogens with one attached hydrogen (secondary N) is 2. The van der Waals surface area contributed by atoms with Crippen molar-refractivity contribution in [3.05, 3.63) is 83.5 Å². The molecule has 3 aromatic carbocycles. The summed E-state index contributed by atoms with van der Waals surface area (Å²) in [5.74, 6) is 1.35. The zero-order valence-electron chi connectivity index (χ0n) is 19.5. The molecule has 0 amide bonds. The SMILES string of the molecule is CCc1cccc2c1[nH]c1cc(Nc3ncnc4scc(-c5ccc(C(C)C)cc5)c34)ccc12. The molecule has 3 aromatic heterocycles. The van der Waals surface area contributed by atoms with E-state index in [0.29, 0.717) is 5.92 Å². The number of anilines is 2. The highest BCUT2D eigenvalue weighted by Gasteiger charge is 2.15. The molecule has 0 saturated carbocycles. The maximum Gasteiger partial charge on any atom is 0.143 e. The molecule has 168 valence electrons. The predicted octanol–water partition coefficient (Wildman–Crippen LogP) is 8.42. The number of para-hydroxylation sites is 1. The normalized spacial score (nSPS) is 11.8. The van der Waals surface area contributed by atoms with Gasteiger partial charge in [0.1, 0.15) is 17.0 Å². The van der Waals surface area contributed by atoms with Crippen LogP contribution in [0.5, 0.6) is 0 Å². The Kier molecular flexibility index (Phi) is 5.07. The van der Waals surface area contributed by atoms with Crippen molar-refractivity contribution in [2.24, 2.45) is 0 Å². The zero-order valence-corrected chi connectivity index (χ0v) is 20.3. The van der Waals surface area contributed by atoms with E-state index in [1.54, 1.807) is 17.7 Å². The number of aromatic nitrogens is 3. The molecule has 2 N–H and O–H groups in total. The molecule has 0 aliphatic rings. The van der Waals surface area contributed by atoms with E-state index in [2.05, 4.69) is 107 Å². The van der Waals surface area contributed by atoms with Crippen molar-refractivity contribution < 1.29 is 0 Å². The second-order valence-corrected chi connectivity index (χ2v) is 9.89. The smallest absolute Gasteiger partial charge is 0.143 e. The lowest BCUT2D eigenvalue weighted by atomic mass is 9.99. The molecule has 0 spiro atoms. The van der Waals surface area contributed by atoms with E-state index in [0.717, 1.165) is 39.2 Å². The van der Waals surface area contributed by atoms with Crippen LogP contribution in [-0.2, 0) is 6.42 Å². The van der Waals surface area contributed by atoms with Crippen LogP contribution in [0.4, 0.5) is 11.5 Å². The minimum atomic E-state index is 0.516. The molecule has 5 heteroatoms. The Morgan fingerprint density at radius 3 is 2.62 bits per heavy atom. The van der Waals surface area contributed by atoms with Gasteiger partial charge in [0.15, 0.2) is 0 Å². The summed E-state index contributed by atoms with van der Waals surface area (Å²) in [6.07, 6.45) is 2.65. The molecule has 6 aromatic rings. The predicted molar refractivity (Wildman–Crippen MR) is 145 cm³/mol. The number of aromatic amines is 1. The van der Waals surface area contributed by atoms with Gasteiger partial charge in [-0.1, -0.05) is 69.3 Å². The quantitative estimate of drug-likeness (QED) is 0.270. The van der Waals surface area contributed by atoms with Crippen LogP contribution in [0.25, 0.3) is 43.1 Å². The molecule has 0 aliphatic carbocycles. The third kappa shape index (κ3) is 3.44. The van der Waals surface area contributed by atoms with Crippen LogP contribution in [0.1, 0.15) is 37.8 Å².